The molecule has 0 fully saturated rings. The van der Waals surface area contributed by atoms with Gasteiger partial charge in [-0.15, -0.1) is 0 Å². The van der Waals surface area contributed by atoms with E-state index in [1.165, 1.54) is 13.8 Å². The molecule has 41 heavy (non-hydrogen) atoms. The molecule has 2 rings (SSSR count). The fourth-order valence-electron chi connectivity index (χ4n) is 3.02. The molecule has 0 spiro atoms. The number of rotatable bonds is 14. The molecule has 13 heteroatoms. The van der Waals surface area contributed by atoms with Gasteiger partial charge in [0.05, 0.1) is 28.4 Å². The molecule has 0 aliphatic carbocycles. The number of Topliss-reactive ketones (excluding diaryl/α,β-unsaturated/α-hetero) is 1. The number of ketones is 1. The van der Waals surface area contributed by atoms with Crippen molar-refractivity contribution >= 4 is 57.8 Å². The van der Waals surface area contributed by atoms with E-state index in [0.29, 0.717) is 23.5 Å². The van der Waals surface area contributed by atoms with Crippen molar-refractivity contribution in [2.75, 3.05) is 25.9 Å². The Kier molecular flexibility index (Phi) is 13.9. The highest BCUT2D eigenvalue weighted by Gasteiger charge is 2.36. The second-order valence-corrected chi connectivity index (χ2v) is 11.1. The van der Waals surface area contributed by atoms with Gasteiger partial charge < -0.3 is 23.7 Å². The van der Waals surface area contributed by atoms with Gasteiger partial charge in [-0.1, -0.05) is 36.4 Å². The van der Waals surface area contributed by atoms with E-state index in [2.05, 4.69) is 0 Å². The van der Waals surface area contributed by atoms with E-state index in [9.17, 15) is 28.8 Å². The van der Waals surface area contributed by atoms with Crippen LogP contribution in [0.2, 0.25) is 0 Å². The summed E-state index contributed by atoms with van der Waals surface area (Å²) in [5.74, 6) is -3.71. The van der Waals surface area contributed by atoms with Crippen LogP contribution in [0.15, 0.2) is 60.7 Å². The summed E-state index contributed by atoms with van der Waals surface area (Å²) in [6, 6.07) is 16.2. The van der Waals surface area contributed by atoms with Crippen LogP contribution in [0, 0.1) is 5.92 Å². The van der Waals surface area contributed by atoms with E-state index >= 15 is 0 Å². The fraction of sp³-hybridized carbons (Fsp3) is 0.357. The maximum atomic E-state index is 13.0. The molecule has 11 nitrogen and oxygen atoms in total. The van der Waals surface area contributed by atoms with E-state index in [0.717, 1.165) is 0 Å². The second-order valence-electron chi connectivity index (χ2n) is 8.62. The molecule has 0 aliphatic heterocycles. The van der Waals surface area contributed by atoms with Gasteiger partial charge in [-0.25, -0.2) is 19.2 Å². The van der Waals surface area contributed by atoms with Crippen molar-refractivity contribution < 1.29 is 52.5 Å². The van der Waals surface area contributed by atoms with Gasteiger partial charge in [0.1, 0.15) is 5.78 Å². The molecule has 0 aromatic heterocycles. The van der Waals surface area contributed by atoms with Gasteiger partial charge in [0, 0.05) is 12.2 Å². The summed E-state index contributed by atoms with van der Waals surface area (Å²) in [7, 11) is 0. The lowest BCUT2D eigenvalue weighted by Crippen LogP contribution is -2.34. The van der Waals surface area contributed by atoms with Crippen LogP contribution in [0.25, 0.3) is 0 Å². The molecule has 0 heterocycles. The van der Waals surface area contributed by atoms with Crippen LogP contribution in [0.5, 0.6) is 0 Å². The summed E-state index contributed by atoms with van der Waals surface area (Å²) in [5, 5.41) is -1.69. The predicted molar refractivity (Wildman–Crippen MR) is 150 cm³/mol. The Hall–Kier alpha value is -3.84. The first-order valence-electron chi connectivity index (χ1n) is 12.3. The van der Waals surface area contributed by atoms with Crippen LogP contribution in [0.4, 0.5) is 9.59 Å². The van der Waals surface area contributed by atoms with Crippen molar-refractivity contribution in [1.82, 2.24) is 0 Å². The Morgan fingerprint density at radius 3 is 1.68 bits per heavy atom. The van der Waals surface area contributed by atoms with Crippen LogP contribution in [0.1, 0.15) is 47.9 Å². The first-order chi connectivity index (χ1) is 19.5. The topological polar surface area (TPSA) is 149 Å². The minimum absolute atomic E-state index is 0.0558. The summed E-state index contributed by atoms with van der Waals surface area (Å²) in [6.45, 7) is 3.33. The minimum atomic E-state index is -1.32. The standard InChI is InChI=1S/C28H30O11S2/c1-4-35-25(32)21(16-40-26(33)38-17-36-23(30)19-11-7-5-8-12-19)15-22(29)28(2,3)41-27(34)39-18-37-24(31)20-13-9-6-10-14-20/h5-14,21H,4,15-18H2,1-3H3/t21-/m0/s1. The maximum Gasteiger partial charge on any atom is 0.371 e. The quantitative estimate of drug-likeness (QED) is 0.156. The molecule has 220 valence electrons. The SMILES string of the molecule is CCOC(=O)[C@H](CSC(=O)OCOC(=O)c1ccccc1)CC(=O)C(C)(C)SC(=O)OCOC(=O)c1ccccc1. The third-order valence-corrected chi connectivity index (χ3v) is 7.16. The van der Waals surface area contributed by atoms with Crippen molar-refractivity contribution in [2.24, 2.45) is 5.92 Å². The number of hydrogen-bond acceptors (Lipinski definition) is 13. The highest BCUT2D eigenvalue weighted by molar-refractivity contribution is 8.15. The molecular formula is C28H30O11S2. The summed E-state index contributed by atoms with van der Waals surface area (Å²) < 4.78 is 23.3. The highest BCUT2D eigenvalue weighted by Crippen LogP contribution is 2.31. The van der Waals surface area contributed by atoms with Crippen LogP contribution < -0.4 is 0 Å². The Labute approximate surface area is 245 Å². The van der Waals surface area contributed by atoms with Crippen molar-refractivity contribution in [3.05, 3.63) is 71.8 Å². The zero-order chi connectivity index (χ0) is 30.3. The van der Waals surface area contributed by atoms with E-state index in [1.807, 2.05) is 0 Å². The van der Waals surface area contributed by atoms with Crippen LogP contribution in [-0.4, -0.2) is 65.0 Å². The largest absolute Gasteiger partial charge is 0.466 e. The van der Waals surface area contributed by atoms with Gasteiger partial charge >= 0.3 is 28.5 Å². The van der Waals surface area contributed by atoms with Crippen LogP contribution in [0.3, 0.4) is 0 Å². The average Bonchev–Trinajstić information content (AvgIpc) is 2.95. The second kappa shape index (κ2) is 17.1. The minimum Gasteiger partial charge on any atom is -0.466 e. The molecule has 0 bridgehead atoms. The van der Waals surface area contributed by atoms with Gasteiger partial charge in [0.15, 0.2) is 0 Å². The van der Waals surface area contributed by atoms with Gasteiger partial charge in [-0.05, 0) is 68.6 Å². The van der Waals surface area contributed by atoms with Gasteiger partial charge in [-0.3, -0.25) is 9.59 Å². The molecule has 1 atom stereocenters. The summed E-state index contributed by atoms with van der Waals surface area (Å²) in [4.78, 5) is 73.7. The fourth-order valence-corrected chi connectivity index (χ4v) is 4.47. The van der Waals surface area contributed by atoms with Gasteiger partial charge in [0.2, 0.25) is 13.6 Å². The van der Waals surface area contributed by atoms with Crippen LogP contribution in [-0.2, 0) is 33.3 Å². The monoisotopic (exact) mass is 606 g/mol. The number of ether oxygens (including phenoxy) is 5. The molecule has 0 saturated heterocycles. The normalized spacial score (nSPS) is 11.5. The van der Waals surface area contributed by atoms with Crippen molar-refractivity contribution in [1.29, 1.82) is 0 Å². The third-order valence-electron chi connectivity index (χ3n) is 5.22. The molecule has 0 N–H and O–H groups in total. The smallest absolute Gasteiger partial charge is 0.371 e. The molecular weight excluding hydrogens is 576 g/mol. The Morgan fingerprint density at radius 1 is 0.707 bits per heavy atom. The molecule has 2 aromatic carbocycles. The Bertz CT molecular complexity index is 1200. The molecule has 2 aromatic rings. The molecule has 0 unspecified atom stereocenters. The van der Waals surface area contributed by atoms with E-state index < -0.39 is 58.5 Å². The number of esters is 3. The third kappa shape index (κ3) is 12.1. The summed E-state index contributed by atoms with van der Waals surface area (Å²) in [6.07, 6.45) is -0.335. The number of carbonyl (C=O) groups excluding carboxylic acids is 6. The van der Waals surface area contributed by atoms with Crippen molar-refractivity contribution in [3.63, 3.8) is 0 Å². The molecule has 0 radical (unpaired) electrons. The lowest BCUT2D eigenvalue weighted by atomic mass is 9.97. The van der Waals surface area contributed by atoms with Crippen molar-refractivity contribution in [3.8, 4) is 0 Å². The first kappa shape index (κ1) is 33.4. The zero-order valence-corrected chi connectivity index (χ0v) is 24.3. The molecule has 0 aliphatic rings. The maximum absolute atomic E-state index is 13.0. The van der Waals surface area contributed by atoms with E-state index in [1.54, 1.807) is 67.6 Å². The summed E-state index contributed by atoms with van der Waals surface area (Å²) >= 11 is 1.17. The Balaban J connectivity index is 1.82. The average molecular weight is 607 g/mol. The number of benzene rings is 2. The van der Waals surface area contributed by atoms with Crippen LogP contribution >= 0.6 is 23.5 Å². The summed E-state index contributed by atoms with van der Waals surface area (Å²) in [5.41, 5.74) is 0.571. The van der Waals surface area contributed by atoms with Crippen molar-refractivity contribution in [2.45, 2.75) is 31.9 Å². The lowest BCUT2D eigenvalue weighted by molar-refractivity contribution is -0.148. The van der Waals surface area contributed by atoms with Gasteiger partial charge in [-0.2, -0.15) is 0 Å². The van der Waals surface area contributed by atoms with Gasteiger partial charge in [0.25, 0.3) is 0 Å². The zero-order valence-electron chi connectivity index (χ0n) is 22.7. The lowest BCUT2D eigenvalue weighted by Gasteiger charge is -2.23. The number of carbonyl (C=O) groups is 6. The molecule has 0 saturated carbocycles. The van der Waals surface area contributed by atoms with E-state index in [4.69, 9.17) is 23.7 Å². The Morgan fingerprint density at radius 2 is 1.20 bits per heavy atom. The molecule has 0 amide bonds. The first-order valence-corrected chi connectivity index (χ1v) is 14.1. The highest BCUT2D eigenvalue weighted by atomic mass is 32.2. The number of hydrogen-bond donors (Lipinski definition) is 0. The van der Waals surface area contributed by atoms with E-state index in [-0.39, 0.29) is 29.9 Å². The number of thioether (sulfide) groups is 2. The predicted octanol–water partition coefficient (Wildman–Crippen LogP) is 5.27.